The average Bonchev–Trinajstić information content (AvgIpc) is 2.47. The monoisotopic (exact) mass is 282 g/mol. The fourth-order valence-corrected chi connectivity index (χ4v) is 1.86. The van der Waals surface area contributed by atoms with Crippen LogP contribution in [-0.2, 0) is 0 Å². The lowest BCUT2D eigenvalue weighted by Crippen LogP contribution is -2.18. The lowest BCUT2D eigenvalue weighted by atomic mass is 10.1. The summed E-state index contributed by atoms with van der Waals surface area (Å²) in [5.41, 5.74) is 6.77. The van der Waals surface area contributed by atoms with Crippen molar-refractivity contribution in [2.45, 2.75) is 6.92 Å². The van der Waals surface area contributed by atoms with E-state index in [1.807, 2.05) is 0 Å². The van der Waals surface area contributed by atoms with Gasteiger partial charge in [0, 0.05) is 11.1 Å². The molecule has 0 heterocycles. The van der Waals surface area contributed by atoms with Crippen LogP contribution in [0.1, 0.15) is 38.0 Å². The van der Waals surface area contributed by atoms with Crippen molar-refractivity contribution < 1.29 is 14.4 Å². The first-order chi connectivity index (χ1) is 9.99. The molecule has 2 aromatic rings. The summed E-state index contributed by atoms with van der Waals surface area (Å²) in [6.07, 6.45) is 0. The van der Waals surface area contributed by atoms with Crippen molar-refractivity contribution in [2.24, 2.45) is 5.73 Å². The molecule has 0 fully saturated rings. The maximum atomic E-state index is 12.1. The molecular formula is C16H14N2O3. The fraction of sp³-hybridized carbons (Fsp3) is 0.0625. The second kappa shape index (κ2) is 6.00. The van der Waals surface area contributed by atoms with Gasteiger partial charge in [-0.3, -0.25) is 14.4 Å². The summed E-state index contributed by atoms with van der Waals surface area (Å²) in [6.45, 7) is 1.46. The molecule has 21 heavy (non-hydrogen) atoms. The van der Waals surface area contributed by atoms with Crippen LogP contribution in [0.15, 0.2) is 48.5 Å². The van der Waals surface area contributed by atoms with E-state index in [1.165, 1.54) is 13.0 Å². The van der Waals surface area contributed by atoms with E-state index in [-0.39, 0.29) is 17.3 Å². The summed E-state index contributed by atoms with van der Waals surface area (Å²) in [4.78, 5) is 34.6. The van der Waals surface area contributed by atoms with Crippen LogP contribution in [0.25, 0.3) is 0 Å². The molecule has 3 N–H and O–H groups in total. The normalized spacial score (nSPS) is 9.95. The van der Waals surface area contributed by atoms with Gasteiger partial charge >= 0.3 is 0 Å². The summed E-state index contributed by atoms with van der Waals surface area (Å²) >= 11 is 0. The molecule has 0 bridgehead atoms. The Morgan fingerprint density at radius 2 is 1.48 bits per heavy atom. The topological polar surface area (TPSA) is 89.3 Å². The zero-order valence-electron chi connectivity index (χ0n) is 11.4. The molecule has 0 unspecified atom stereocenters. The number of nitrogens with one attached hydrogen (secondary N) is 1. The molecule has 2 rings (SSSR count). The van der Waals surface area contributed by atoms with Gasteiger partial charge in [-0.05, 0) is 31.2 Å². The average molecular weight is 282 g/mol. The first-order valence-corrected chi connectivity index (χ1v) is 6.30. The SMILES string of the molecule is CC(=O)c1ccc(C(=O)Nc2ccccc2C(N)=O)cc1. The largest absolute Gasteiger partial charge is 0.366 e. The number of amides is 2. The summed E-state index contributed by atoms with van der Waals surface area (Å²) in [5.74, 6) is -1.06. The number of nitrogens with two attached hydrogens (primary N) is 1. The Hall–Kier alpha value is -2.95. The zero-order chi connectivity index (χ0) is 15.4. The smallest absolute Gasteiger partial charge is 0.255 e. The molecule has 0 atom stereocenters. The number of para-hydroxylation sites is 1. The van der Waals surface area contributed by atoms with Gasteiger partial charge in [0.25, 0.3) is 11.8 Å². The summed E-state index contributed by atoms with van der Waals surface area (Å²) in [5, 5.41) is 2.63. The lowest BCUT2D eigenvalue weighted by Gasteiger charge is -2.09. The molecule has 0 saturated heterocycles. The number of ketones is 1. The number of Topliss-reactive ketones (excluding diaryl/α,β-unsaturated/α-hetero) is 1. The minimum atomic E-state index is -0.613. The Balaban J connectivity index is 2.22. The quantitative estimate of drug-likeness (QED) is 0.843. The number of anilines is 1. The van der Waals surface area contributed by atoms with Crippen molar-refractivity contribution in [3.8, 4) is 0 Å². The van der Waals surface area contributed by atoms with E-state index < -0.39 is 5.91 Å². The highest BCUT2D eigenvalue weighted by Gasteiger charge is 2.12. The fourth-order valence-electron chi connectivity index (χ4n) is 1.86. The Labute approximate surface area is 121 Å². The van der Waals surface area contributed by atoms with E-state index >= 15 is 0 Å². The van der Waals surface area contributed by atoms with Crippen LogP contribution < -0.4 is 11.1 Å². The van der Waals surface area contributed by atoms with Gasteiger partial charge in [0.2, 0.25) is 0 Å². The Morgan fingerprint density at radius 1 is 0.905 bits per heavy atom. The predicted octanol–water partition coefficient (Wildman–Crippen LogP) is 2.24. The van der Waals surface area contributed by atoms with Crippen LogP contribution in [0.4, 0.5) is 5.69 Å². The third-order valence-electron chi connectivity index (χ3n) is 2.99. The molecular weight excluding hydrogens is 268 g/mol. The molecule has 106 valence electrons. The molecule has 0 aliphatic rings. The molecule has 0 radical (unpaired) electrons. The molecule has 5 heteroatoms. The van der Waals surface area contributed by atoms with E-state index in [4.69, 9.17) is 5.73 Å². The van der Waals surface area contributed by atoms with Crippen LogP contribution in [0.5, 0.6) is 0 Å². The molecule has 0 aliphatic heterocycles. The highest BCUT2D eigenvalue weighted by atomic mass is 16.2. The van der Waals surface area contributed by atoms with E-state index in [1.54, 1.807) is 42.5 Å². The minimum absolute atomic E-state index is 0.0685. The van der Waals surface area contributed by atoms with Crippen molar-refractivity contribution in [1.82, 2.24) is 0 Å². The molecule has 0 spiro atoms. The van der Waals surface area contributed by atoms with Crippen LogP contribution >= 0.6 is 0 Å². The van der Waals surface area contributed by atoms with Gasteiger partial charge in [0.15, 0.2) is 5.78 Å². The maximum absolute atomic E-state index is 12.1. The molecule has 5 nitrogen and oxygen atoms in total. The first kappa shape index (κ1) is 14.5. The van der Waals surface area contributed by atoms with Crippen LogP contribution in [0.2, 0.25) is 0 Å². The zero-order valence-corrected chi connectivity index (χ0v) is 11.4. The number of hydrogen-bond donors (Lipinski definition) is 2. The predicted molar refractivity (Wildman–Crippen MR) is 79.4 cm³/mol. The third-order valence-corrected chi connectivity index (χ3v) is 2.99. The molecule has 2 aromatic carbocycles. The number of primary amides is 1. The van der Waals surface area contributed by atoms with E-state index in [0.717, 1.165) is 0 Å². The number of carbonyl (C=O) groups excluding carboxylic acids is 3. The molecule has 0 aromatic heterocycles. The third kappa shape index (κ3) is 3.33. The highest BCUT2D eigenvalue weighted by Crippen LogP contribution is 2.16. The van der Waals surface area contributed by atoms with Gasteiger partial charge in [-0.2, -0.15) is 0 Å². The van der Waals surface area contributed by atoms with E-state index in [0.29, 0.717) is 16.8 Å². The van der Waals surface area contributed by atoms with Crippen molar-refractivity contribution >= 4 is 23.3 Å². The number of hydrogen-bond acceptors (Lipinski definition) is 3. The summed E-state index contributed by atoms with van der Waals surface area (Å²) in [7, 11) is 0. The maximum Gasteiger partial charge on any atom is 0.255 e. The van der Waals surface area contributed by atoms with Crippen molar-refractivity contribution in [1.29, 1.82) is 0 Å². The number of carbonyl (C=O) groups is 3. The molecule has 0 saturated carbocycles. The summed E-state index contributed by atoms with van der Waals surface area (Å²) < 4.78 is 0. The van der Waals surface area contributed by atoms with Crippen LogP contribution in [-0.4, -0.2) is 17.6 Å². The molecule has 0 aliphatic carbocycles. The second-order valence-electron chi connectivity index (χ2n) is 4.50. The van der Waals surface area contributed by atoms with Crippen molar-refractivity contribution in [3.05, 3.63) is 65.2 Å². The summed E-state index contributed by atoms with van der Waals surface area (Å²) in [6, 6.07) is 12.8. The van der Waals surface area contributed by atoms with Gasteiger partial charge in [0.1, 0.15) is 0 Å². The van der Waals surface area contributed by atoms with Crippen molar-refractivity contribution in [3.63, 3.8) is 0 Å². The molecule has 2 amide bonds. The highest BCUT2D eigenvalue weighted by molar-refractivity contribution is 6.09. The van der Waals surface area contributed by atoms with Gasteiger partial charge in [0.05, 0.1) is 11.3 Å². The van der Waals surface area contributed by atoms with E-state index in [9.17, 15) is 14.4 Å². The van der Waals surface area contributed by atoms with Gasteiger partial charge < -0.3 is 11.1 Å². The standard InChI is InChI=1S/C16H14N2O3/c1-10(19)11-6-8-12(9-7-11)16(21)18-14-5-3-2-4-13(14)15(17)20/h2-9H,1H3,(H2,17,20)(H,18,21). The Morgan fingerprint density at radius 3 is 2.05 bits per heavy atom. The number of benzene rings is 2. The number of rotatable bonds is 4. The first-order valence-electron chi connectivity index (χ1n) is 6.30. The van der Waals surface area contributed by atoms with E-state index in [2.05, 4.69) is 5.32 Å². The Kier molecular flexibility index (Phi) is 4.13. The van der Waals surface area contributed by atoms with Crippen LogP contribution in [0.3, 0.4) is 0 Å². The minimum Gasteiger partial charge on any atom is -0.366 e. The lowest BCUT2D eigenvalue weighted by molar-refractivity contribution is 0.0995. The Bertz CT molecular complexity index is 706. The van der Waals surface area contributed by atoms with Gasteiger partial charge in [-0.1, -0.05) is 24.3 Å². The van der Waals surface area contributed by atoms with Crippen molar-refractivity contribution in [2.75, 3.05) is 5.32 Å². The van der Waals surface area contributed by atoms with Crippen LogP contribution in [0, 0.1) is 0 Å². The van der Waals surface area contributed by atoms with Gasteiger partial charge in [-0.25, -0.2) is 0 Å². The van der Waals surface area contributed by atoms with Gasteiger partial charge in [-0.15, -0.1) is 0 Å². The second-order valence-corrected chi connectivity index (χ2v) is 4.50.